The molecular formula is C20H18Cl2N4O5. The molecule has 3 aromatic rings. The molecule has 0 saturated heterocycles. The molecule has 0 aliphatic carbocycles. The summed E-state index contributed by atoms with van der Waals surface area (Å²) in [5, 5.41) is 9.72. The van der Waals surface area contributed by atoms with Gasteiger partial charge in [-0.2, -0.15) is 4.98 Å². The van der Waals surface area contributed by atoms with Gasteiger partial charge in [-0.1, -0.05) is 28.4 Å². The molecular weight excluding hydrogens is 447 g/mol. The molecule has 31 heavy (non-hydrogen) atoms. The Morgan fingerprint density at radius 1 is 0.968 bits per heavy atom. The second-order valence-corrected chi connectivity index (χ2v) is 6.97. The van der Waals surface area contributed by atoms with Gasteiger partial charge in [0.25, 0.3) is 5.91 Å². The Hall–Kier alpha value is -3.30. The average Bonchev–Trinajstić information content (AvgIpc) is 3.26. The van der Waals surface area contributed by atoms with Crippen LogP contribution in [0.3, 0.4) is 0 Å². The maximum Gasteiger partial charge on any atom is 0.316 e. The monoisotopic (exact) mass is 464 g/mol. The largest absolute Gasteiger partial charge is 0.493 e. The van der Waals surface area contributed by atoms with Crippen LogP contribution in [0.25, 0.3) is 11.4 Å². The fourth-order valence-corrected chi connectivity index (χ4v) is 3.10. The van der Waals surface area contributed by atoms with Crippen LogP contribution in [0.5, 0.6) is 11.5 Å². The zero-order valence-electron chi connectivity index (χ0n) is 16.6. The molecule has 0 atom stereocenters. The first kappa shape index (κ1) is 22.4. The molecule has 0 unspecified atom stereocenters. The van der Waals surface area contributed by atoms with Crippen molar-refractivity contribution in [2.24, 2.45) is 0 Å². The van der Waals surface area contributed by atoms with Crippen molar-refractivity contribution in [1.82, 2.24) is 20.8 Å². The molecule has 2 N–H and O–H groups in total. The smallest absolute Gasteiger partial charge is 0.316 e. The molecule has 1 aromatic heterocycles. The standard InChI is InChI=1S/C20H18Cl2N4O5/c1-29-15-6-3-11(9-16(15)30-2)17-25-20(31-26-17)19(28)24-8-7-23-18(27)13-5-4-12(21)10-14(13)22/h3-6,9-10H,7-8H2,1-2H3,(H,23,27)(H,24,28). The van der Waals surface area contributed by atoms with Crippen molar-refractivity contribution in [3.8, 4) is 22.9 Å². The number of ether oxygens (including phenoxy) is 2. The third-order valence-electron chi connectivity index (χ3n) is 4.13. The zero-order valence-corrected chi connectivity index (χ0v) is 18.1. The predicted octanol–water partition coefficient (Wildman–Crippen LogP) is 3.22. The van der Waals surface area contributed by atoms with Crippen molar-refractivity contribution < 1.29 is 23.6 Å². The molecule has 11 heteroatoms. The predicted molar refractivity (Wildman–Crippen MR) is 114 cm³/mol. The molecule has 2 aromatic carbocycles. The van der Waals surface area contributed by atoms with Crippen molar-refractivity contribution in [1.29, 1.82) is 0 Å². The molecule has 162 valence electrons. The molecule has 0 radical (unpaired) electrons. The topological polar surface area (TPSA) is 116 Å². The van der Waals surface area contributed by atoms with Crippen molar-refractivity contribution in [2.45, 2.75) is 0 Å². The average molecular weight is 465 g/mol. The number of methoxy groups -OCH3 is 2. The van der Waals surface area contributed by atoms with E-state index in [1.165, 1.54) is 26.4 Å². The Morgan fingerprint density at radius 2 is 1.68 bits per heavy atom. The Labute approximate surface area is 187 Å². The second kappa shape index (κ2) is 10.1. The molecule has 1 heterocycles. The number of nitrogens with zero attached hydrogens (tertiary/aromatic N) is 2. The van der Waals surface area contributed by atoms with Gasteiger partial charge in [0, 0.05) is 23.7 Å². The summed E-state index contributed by atoms with van der Waals surface area (Å²) < 4.78 is 15.5. The van der Waals surface area contributed by atoms with E-state index in [0.29, 0.717) is 22.1 Å². The molecule has 0 aliphatic heterocycles. The summed E-state index contributed by atoms with van der Waals surface area (Å²) in [6.07, 6.45) is 0. The lowest BCUT2D eigenvalue weighted by Gasteiger charge is -2.07. The van der Waals surface area contributed by atoms with Crippen molar-refractivity contribution in [3.05, 3.63) is 57.9 Å². The van der Waals surface area contributed by atoms with Gasteiger partial charge in [-0.05, 0) is 36.4 Å². The fourth-order valence-electron chi connectivity index (χ4n) is 2.60. The minimum absolute atomic E-state index is 0.143. The molecule has 0 aliphatic rings. The van der Waals surface area contributed by atoms with Crippen LogP contribution in [0.1, 0.15) is 21.0 Å². The third-order valence-corrected chi connectivity index (χ3v) is 4.68. The van der Waals surface area contributed by atoms with E-state index in [0.717, 1.165) is 0 Å². The summed E-state index contributed by atoms with van der Waals surface area (Å²) in [6.45, 7) is 0.310. The molecule has 0 bridgehead atoms. The van der Waals surface area contributed by atoms with Crippen molar-refractivity contribution >= 4 is 35.0 Å². The number of halogens is 2. The molecule has 3 rings (SSSR count). The Bertz CT molecular complexity index is 1100. The summed E-state index contributed by atoms with van der Waals surface area (Å²) in [5.74, 6) is 0.0954. The SMILES string of the molecule is COc1ccc(-c2noc(C(=O)NCCNC(=O)c3ccc(Cl)cc3Cl)n2)cc1OC. The van der Waals surface area contributed by atoms with Crippen molar-refractivity contribution in [2.75, 3.05) is 27.3 Å². The molecule has 0 spiro atoms. The summed E-state index contributed by atoms with van der Waals surface area (Å²) in [5.41, 5.74) is 0.876. The van der Waals surface area contributed by atoms with Gasteiger partial charge in [0.15, 0.2) is 11.5 Å². The van der Waals surface area contributed by atoms with Crippen LogP contribution < -0.4 is 20.1 Å². The van der Waals surface area contributed by atoms with Crippen LogP contribution in [0, 0.1) is 0 Å². The van der Waals surface area contributed by atoms with Gasteiger partial charge in [0.2, 0.25) is 5.82 Å². The van der Waals surface area contributed by atoms with Gasteiger partial charge < -0.3 is 24.6 Å². The number of carbonyl (C=O) groups is 2. The van der Waals surface area contributed by atoms with E-state index >= 15 is 0 Å². The van der Waals surface area contributed by atoms with Crippen LogP contribution in [-0.2, 0) is 0 Å². The van der Waals surface area contributed by atoms with Crippen LogP contribution in [0.4, 0.5) is 0 Å². The fraction of sp³-hybridized carbons (Fsp3) is 0.200. The summed E-state index contributed by atoms with van der Waals surface area (Å²) in [6, 6.07) is 9.64. The van der Waals surface area contributed by atoms with Crippen LogP contribution >= 0.6 is 23.2 Å². The first-order valence-electron chi connectivity index (χ1n) is 9.00. The number of rotatable bonds is 8. The summed E-state index contributed by atoms with van der Waals surface area (Å²) >= 11 is 11.8. The number of carbonyl (C=O) groups excluding carboxylic acids is 2. The minimum atomic E-state index is -0.571. The van der Waals surface area contributed by atoms with E-state index in [1.54, 1.807) is 24.3 Å². The van der Waals surface area contributed by atoms with Gasteiger partial charge in [-0.15, -0.1) is 0 Å². The van der Waals surface area contributed by atoms with Gasteiger partial charge in [0.05, 0.1) is 24.8 Å². The second-order valence-electron chi connectivity index (χ2n) is 6.13. The van der Waals surface area contributed by atoms with Crippen molar-refractivity contribution in [3.63, 3.8) is 0 Å². The van der Waals surface area contributed by atoms with Gasteiger partial charge >= 0.3 is 11.8 Å². The third kappa shape index (κ3) is 5.44. The molecule has 0 fully saturated rings. The number of aromatic nitrogens is 2. The highest BCUT2D eigenvalue weighted by Gasteiger charge is 2.17. The molecule has 9 nitrogen and oxygen atoms in total. The van der Waals surface area contributed by atoms with Gasteiger partial charge in [-0.25, -0.2) is 0 Å². The van der Waals surface area contributed by atoms with Gasteiger partial charge in [0.1, 0.15) is 0 Å². The first-order chi connectivity index (χ1) is 14.9. The number of hydrogen-bond acceptors (Lipinski definition) is 7. The molecule has 0 saturated carbocycles. The number of benzene rings is 2. The lowest BCUT2D eigenvalue weighted by Crippen LogP contribution is -2.34. The van der Waals surface area contributed by atoms with E-state index < -0.39 is 5.91 Å². The summed E-state index contributed by atoms with van der Waals surface area (Å²) in [7, 11) is 3.04. The van der Waals surface area contributed by atoms with E-state index in [2.05, 4.69) is 20.8 Å². The highest BCUT2D eigenvalue weighted by molar-refractivity contribution is 6.36. The number of hydrogen-bond donors (Lipinski definition) is 2. The van der Waals surface area contributed by atoms with E-state index in [-0.39, 0.29) is 41.3 Å². The number of nitrogens with one attached hydrogen (secondary N) is 2. The van der Waals surface area contributed by atoms with E-state index in [4.69, 9.17) is 37.2 Å². The lowest BCUT2D eigenvalue weighted by atomic mass is 10.2. The maximum atomic E-state index is 12.2. The van der Waals surface area contributed by atoms with E-state index in [9.17, 15) is 9.59 Å². The Morgan fingerprint density at radius 3 is 2.35 bits per heavy atom. The number of amides is 2. The maximum absolute atomic E-state index is 12.2. The highest BCUT2D eigenvalue weighted by atomic mass is 35.5. The highest BCUT2D eigenvalue weighted by Crippen LogP contribution is 2.31. The zero-order chi connectivity index (χ0) is 22.4. The van der Waals surface area contributed by atoms with Gasteiger partial charge in [-0.3, -0.25) is 9.59 Å². The van der Waals surface area contributed by atoms with E-state index in [1.807, 2.05) is 0 Å². The summed E-state index contributed by atoms with van der Waals surface area (Å²) in [4.78, 5) is 28.4. The van der Waals surface area contributed by atoms with Crippen LogP contribution in [0.2, 0.25) is 10.0 Å². The van der Waals surface area contributed by atoms with Crippen LogP contribution in [0.15, 0.2) is 40.9 Å². The first-order valence-corrected chi connectivity index (χ1v) is 9.76. The normalized spacial score (nSPS) is 10.5. The molecule has 2 amide bonds. The minimum Gasteiger partial charge on any atom is -0.493 e. The quantitative estimate of drug-likeness (QED) is 0.491. The lowest BCUT2D eigenvalue weighted by molar-refractivity contribution is 0.0898. The van der Waals surface area contributed by atoms with Crippen LogP contribution in [-0.4, -0.2) is 49.3 Å². The Balaban J connectivity index is 1.54. The Kier molecular flexibility index (Phi) is 7.32.